The largest absolute Gasteiger partial charge is 0.460 e. The average molecular weight is 338 g/mol. The SMILES string of the molecule is CC(C)(C)[Si](C)(C)OCC1CC(OS(C)(=O)=O)CC(=O)O1. The van der Waals surface area contributed by atoms with Crippen molar-refractivity contribution in [3.05, 3.63) is 0 Å². The second-order valence-electron chi connectivity index (χ2n) is 7.05. The van der Waals surface area contributed by atoms with Gasteiger partial charge in [-0.1, -0.05) is 20.8 Å². The van der Waals surface area contributed by atoms with Gasteiger partial charge in [0.15, 0.2) is 8.32 Å². The Morgan fingerprint density at radius 3 is 2.38 bits per heavy atom. The van der Waals surface area contributed by atoms with Crippen LogP contribution in [0.2, 0.25) is 18.1 Å². The van der Waals surface area contributed by atoms with Gasteiger partial charge in [0.25, 0.3) is 10.1 Å². The summed E-state index contributed by atoms with van der Waals surface area (Å²) in [6, 6.07) is 0. The van der Waals surface area contributed by atoms with Gasteiger partial charge in [-0.05, 0) is 18.1 Å². The Hall–Kier alpha value is -0.443. The maximum atomic E-state index is 11.5. The van der Waals surface area contributed by atoms with Gasteiger partial charge < -0.3 is 9.16 Å². The highest BCUT2D eigenvalue weighted by atomic mass is 32.2. The molecule has 1 rings (SSSR count). The van der Waals surface area contributed by atoms with Gasteiger partial charge in [-0.2, -0.15) is 8.42 Å². The van der Waals surface area contributed by atoms with Crippen molar-refractivity contribution < 1.29 is 26.6 Å². The summed E-state index contributed by atoms with van der Waals surface area (Å²) in [5, 5.41) is 0.0638. The first-order chi connectivity index (χ1) is 9.30. The average Bonchev–Trinajstić information content (AvgIpc) is 2.21. The number of carbonyl (C=O) groups excluding carboxylic acids is 1. The first-order valence-electron chi connectivity index (χ1n) is 7.02. The van der Waals surface area contributed by atoms with Crippen molar-refractivity contribution in [1.29, 1.82) is 0 Å². The maximum Gasteiger partial charge on any atom is 0.308 e. The third kappa shape index (κ3) is 6.05. The van der Waals surface area contributed by atoms with Crippen LogP contribution in [0.5, 0.6) is 0 Å². The molecule has 0 aliphatic carbocycles. The van der Waals surface area contributed by atoms with Crippen LogP contribution in [0.15, 0.2) is 0 Å². The van der Waals surface area contributed by atoms with Crippen molar-refractivity contribution in [3.63, 3.8) is 0 Å². The summed E-state index contributed by atoms with van der Waals surface area (Å²) in [5.74, 6) is -0.446. The van der Waals surface area contributed by atoms with Crippen molar-refractivity contribution in [2.24, 2.45) is 0 Å². The first-order valence-corrected chi connectivity index (χ1v) is 11.7. The third-order valence-electron chi connectivity index (χ3n) is 3.97. The van der Waals surface area contributed by atoms with Crippen molar-refractivity contribution in [2.75, 3.05) is 12.9 Å². The van der Waals surface area contributed by atoms with E-state index in [4.69, 9.17) is 13.3 Å². The Balaban J connectivity index is 2.61. The molecule has 0 radical (unpaired) electrons. The molecule has 1 aliphatic rings. The van der Waals surface area contributed by atoms with Crippen LogP contribution in [0, 0.1) is 0 Å². The van der Waals surface area contributed by atoms with Crippen molar-refractivity contribution >= 4 is 24.4 Å². The fraction of sp³-hybridized carbons (Fsp3) is 0.923. The molecule has 1 saturated heterocycles. The third-order valence-corrected chi connectivity index (χ3v) is 9.09. The molecule has 6 nitrogen and oxygen atoms in total. The Morgan fingerprint density at radius 1 is 1.33 bits per heavy atom. The minimum Gasteiger partial charge on any atom is -0.460 e. The van der Waals surface area contributed by atoms with Crippen LogP contribution in [0.25, 0.3) is 0 Å². The highest BCUT2D eigenvalue weighted by Gasteiger charge is 2.39. The van der Waals surface area contributed by atoms with E-state index < -0.39 is 36.6 Å². The lowest BCUT2D eigenvalue weighted by Gasteiger charge is -2.38. The number of cyclic esters (lactones) is 1. The number of ether oxygens (including phenoxy) is 1. The van der Waals surface area contributed by atoms with Crippen LogP contribution < -0.4 is 0 Å². The molecule has 1 fully saturated rings. The molecule has 0 aromatic carbocycles. The first kappa shape index (κ1) is 18.6. The van der Waals surface area contributed by atoms with E-state index in [0.29, 0.717) is 6.42 Å². The van der Waals surface area contributed by atoms with Gasteiger partial charge >= 0.3 is 5.97 Å². The van der Waals surface area contributed by atoms with E-state index in [0.717, 1.165) is 6.26 Å². The van der Waals surface area contributed by atoms with Crippen LogP contribution in [0.4, 0.5) is 0 Å². The standard InChI is InChI=1S/C13H26O6SSi/c1-13(2,3)21(5,6)17-9-11-7-10(8-12(14)18-11)19-20(4,15)16/h10-11H,7-9H2,1-6H3. The molecule has 8 heteroatoms. The summed E-state index contributed by atoms with van der Waals surface area (Å²) in [4.78, 5) is 11.5. The lowest BCUT2D eigenvalue weighted by Crippen LogP contribution is -2.45. The molecule has 1 heterocycles. The smallest absolute Gasteiger partial charge is 0.308 e. The Kier molecular flexibility index (Phi) is 5.63. The lowest BCUT2D eigenvalue weighted by molar-refractivity contribution is -0.161. The number of hydrogen-bond donors (Lipinski definition) is 0. The van der Waals surface area contributed by atoms with E-state index in [2.05, 4.69) is 33.9 Å². The molecule has 0 bridgehead atoms. The number of esters is 1. The number of rotatable bonds is 5. The van der Waals surface area contributed by atoms with Crippen molar-refractivity contribution in [3.8, 4) is 0 Å². The molecule has 124 valence electrons. The van der Waals surface area contributed by atoms with Crippen molar-refractivity contribution in [2.45, 2.75) is 64.0 Å². The summed E-state index contributed by atoms with van der Waals surface area (Å²) in [6.07, 6.45) is 0.173. The zero-order chi connectivity index (χ0) is 16.5. The Morgan fingerprint density at radius 2 is 1.90 bits per heavy atom. The molecule has 21 heavy (non-hydrogen) atoms. The topological polar surface area (TPSA) is 78.9 Å². The normalized spacial score (nSPS) is 24.8. The quantitative estimate of drug-likeness (QED) is 0.434. The van der Waals surface area contributed by atoms with E-state index in [1.165, 1.54) is 0 Å². The van der Waals surface area contributed by atoms with E-state index in [1.54, 1.807) is 0 Å². The number of hydrogen-bond acceptors (Lipinski definition) is 6. The molecule has 0 aromatic rings. The summed E-state index contributed by atoms with van der Waals surface area (Å²) in [5.41, 5.74) is 0. The van der Waals surface area contributed by atoms with Crippen LogP contribution in [0.1, 0.15) is 33.6 Å². The summed E-state index contributed by atoms with van der Waals surface area (Å²) in [7, 11) is -5.51. The molecular weight excluding hydrogens is 312 g/mol. The highest BCUT2D eigenvalue weighted by molar-refractivity contribution is 7.86. The molecule has 0 aromatic heterocycles. The Labute approximate surface area is 128 Å². The molecular formula is C13H26O6SSi. The molecule has 0 saturated carbocycles. The van der Waals surface area contributed by atoms with E-state index in [9.17, 15) is 13.2 Å². The van der Waals surface area contributed by atoms with Crippen LogP contribution in [-0.4, -0.2) is 47.8 Å². The zero-order valence-electron chi connectivity index (χ0n) is 13.6. The van der Waals surface area contributed by atoms with E-state index in [-0.39, 0.29) is 18.1 Å². The van der Waals surface area contributed by atoms with Gasteiger partial charge in [0, 0.05) is 6.42 Å². The van der Waals surface area contributed by atoms with Crippen LogP contribution >= 0.6 is 0 Å². The molecule has 2 atom stereocenters. The van der Waals surface area contributed by atoms with Gasteiger partial charge in [-0.15, -0.1) is 0 Å². The molecule has 0 spiro atoms. The minimum atomic E-state index is -3.58. The van der Waals surface area contributed by atoms with Crippen LogP contribution in [-0.2, 0) is 28.3 Å². The summed E-state index contributed by atoms with van der Waals surface area (Å²) >= 11 is 0. The zero-order valence-corrected chi connectivity index (χ0v) is 15.5. The fourth-order valence-corrected chi connectivity index (χ4v) is 3.46. The van der Waals surface area contributed by atoms with Crippen LogP contribution in [0.3, 0.4) is 0 Å². The van der Waals surface area contributed by atoms with E-state index in [1.807, 2.05) is 0 Å². The molecule has 0 N–H and O–H groups in total. The monoisotopic (exact) mass is 338 g/mol. The van der Waals surface area contributed by atoms with Gasteiger partial charge in [-0.25, -0.2) is 0 Å². The predicted octanol–water partition coefficient (Wildman–Crippen LogP) is 2.06. The number of carbonyl (C=O) groups is 1. The fourth-order valence-electron chi connectivity index (χ4n) is 1.78. The molecule has 1 aliphatic heterocycles. The van der Waals surface area contributed by atoms with Crippen molar-refractivity contribution in [1.82, 2.24) is 0 Å². The van der Waals surface area contributed by atoms with E-state index >= 15 is 0 Å². The highest BCUT2D eigenvalue weighted by Crippen LogP contribution is 2.37. The predicted molar refractivity (Wildman–Crippen MR) is 82.0 cm³/mol. The molecule has 0 amide bonds. The van der Waals surface area contributed by atoms with Gasteiger partial charge in [0.1, 0.15) is 6.10 Å². The van der Waals surface area contributed by atoms with Gasteiger partial charge in [0.05, 0.1) is 25.4 Å². The minimum absolute atomic E-state index is 0.0380. The second-order valence-corrected chi connectivity index (χ2v) is 13.5. The molecule has 2 unspecified atom stereocenters. The Bertz CT molecular complexity index is 479. The van der Waals surface area contributed by atoms with Gasteiger partial charge in [0.2, 0.25) is 0 Å². The van der Waals surface area contributed by atoms with Gasteiger partial charge in [-0.3, -0.25) is 8.98 Å². The summed E-state index contributed by atoms with van der Waals surface area (Å²) in [6.45, 7) is 10.9. The summed E-state index contributed by atoms with van der Waals surface area (Å²) < 4.78 is 38.5. The lowest BCUT2D eigenvalue weighted by atomic mass is 10.1. The maximum absolute atomic E-state index is 11.5. The second kappa shape index (κ2) is 6.35.